The molecule has 1 saturated carbocycles. The van der Waals surface area contributed by atoms with E-state index in [1.54, 1.807) is 29.2 Å². The predicted octanol–water partition coefficient (Wildman–Crippen LogP) is 2.09. The Balaban J connectivity index is 1.77. The van der Waals surface area contributed by atoms with Crippen LogP contribution in [0.2, 0.25) is 5.02 Å². The molecular weight excluding hydrogens is 376 g/mol. The molecule has 1 heterocycles. The smallest absolute Gasteiger partial charge is 0.225 e. The molecule has 0 bridgehead atoms. The van der Waals surface area contributed by atoms with E-state index in [4.69, 9.17) is 11.6 Å². The third-order valence-corrected chi connectivity index (χ3v) is 6.86. The van der Waals surface area contributed by atoms with Crippen LogP contribution < -0.4 is 5.32 Å². The molecule has 6 nitrogen and oxygen atoms in total. The maximum atomic E-state index is 13.0. The van der Waals surface area contributed by atoms with Crippen molar-refractivity contribution in [1.29, 1.82) is 0 Å². The molecule has 1 N–H and O–H groups in total. The fourth-order valence-corrected chi connectivity index (χ4v) is 5.36. The lowest BCUT2D eigenvalue weighted by Crippen LogP contribution is -2.44. The SMILES string of the molecule is CC(=O)NC(CC(=O)N(C1CC1)C1CCS(=O)(=O)C1)c1ccc(Cl)cc1. The summed E-state index contributed by atoms with van der Waals surface area (Å²) in [5.41, 5.74) is 0.799. The quantitative estimate of drug-likeness (QED) is 0.795. The molecule has 1 aromatic rings. The van der Waals surface area contributed by atoms with Crippen LogP contribution in [-0.2, 0) is 19.4 Å². The van der Waals surface area contributed by atoms with Gasteiger partial charge < -0.3 is 10.2 Å². The summed E-state index contributed by atoms with van der Waals surface area (Å²) >= 11 is 5.92. The number of nitrogens with one attached hydrogen (secondary N) is 1. The lowest BCUT2D eigenvalue weighted by atomic mass is 10.0. The van der Waals surface area contributed by atoms with Crippen LogP contribution >= 0.6 is 11.6 Å². The Bertz CT molecular complexity index is 790. The number of benzene rings is 1. The van der Waals surface area contributed by atoms with Crippen molar-refractivity contribution in [2.24, 2.45) is 0 Å². The summed E-state index contributed by atoms with van der Waals surface area (Å²) in [6.07, 6.45) is 2.42. The number of halogens is 1. The molecule has 3 rings (SSSR count). The second kappa shape index (κ2) is 7.56. The molecule has 26 heavy (non-hydrogen) atoms. The molecule has 1 aliphatic heterocycles. The van der Waals surface area contributed by atoms with Crippen LogP contribution in [0.4, 0.5) is 0 Å². The molecule has 2 atom stereocenters. The number of sulfone groups is 1. The van der Waals surface area contributed by atoms with Crippen molar-refractivity contribution >= 4 is 33.3 Å². The monoisotopic (exact) mass is 398 g/mol. The van der Waals surface area contributed by atoms with Gasteiger partial charge in [-0.25, -0.2) is 8.42 Å². The normalized spacial score (nSPS) is 22.6. The van der Waals surface area contributed by atoms with E-state index in [9.17, 15) is 18.0 Å². The first-order valence-corrected chi connectivity index (χ1v) is 11.0. The fraction of sp³-hybridized carbons (Fsp3) is 0.556. The zero-order valence-electron chi connectivity index (χ0n) is 14.7. The van der Waals surface area contributed by atoms with Crippen molar-refractivity contribution in [3.05, 3.63) is 34.9 Å². The van der Waals surface area contributed by atoms with Gasteiger partial charge in [0, 0.05) is 24.0 Å². The second-order valence-corrected chi connectivity index (χ2v) is 9.76. The number of rotatable bonds is 6. The molecule has 1 aliphatic carbocycles. The summed E-state index contributed by atoms with van der Waals surface area (Å²) in [5.74, 6) is -0.149. The van der Waals surface area contributed by atoms with Crippen molar-refractivity contribution < 1.29 is 18.0 Å². The maximum Gasteiger partial charge on any atom is 0.225 e. The average molecular weight is 399 g/mol. The Kier molecular flexibility index (Phi) is 5.58. The summed E-state index contributed by atoms with van der Waals surface area (Å²) < 4.78 is 23.6. The van der Waals surface area contributed by atoms with E-state index in [-0.39, 0.29) is 41.8 Å². The second-order valence-electron chi connectivity index (χ2n) is 7.10. The van der Waals surface area contributed by atoms with E-state index in [1.807, 2.05) is 0 Å². The van der Waals surface area contributed by atoms with E-state index < -0.39 is 15.9 Å². The highest BCUT2D eigenvalue weighted by Crippen LogP contribution is 2.34. The summed E-state index contributed by atoms with van der Waals surface area (Å²) in [7, 11) is -3.06. The Morgan fingerprint density at radius 1 is 1.19 bits per heavy atom. The molecule has 0 radical (unpaired) electrons. The Morgan fingerprint density at radius 3 is 2.35 bits per heavy atom. The number of amides is 2. The van der Waals surface area contributed by atoms with Gasteiger partial charge in [-0.05, 0) is 37.0 Å². The van der Waals surface area contributed by atoms with Crippen molar-refractivity contribution in [2.45, 2.75) is 50.7 Å². The van der Waals surface area contributed by atoms with Gasteiger partial charge in [0.05, 0.1) is 24.0 Å². The van der Waals surface area contributed by atoms with E-state index in [0.717, 1.165) is 18.4 Å². The summed E-state index contributed by atoms with van der Waals surface area (Å²) in [5, 5.41) is 3.40. The van der Waals surface area contributed by atoms with E-state index in [0.29, 0.717) is 11.4 Å². The van der Waals surface area contributed by atoms with Crippen LogP contribution in [0.1, 0.15) is 44.2 Å². The van der Waals surface area contributed by atoms with Crippen LogP contribution in [0, 0.1) is 0 Å². The van der Waals surface area contributed by atoms with Crippen molar-refractivity contribution in [3.63, 3.8) is 0 Å². The first-order chi connectivity index (χ1) is 12.2. The van der Waals surface area contributed by atoms with Gasteiger partial charge in [0.1, 0.15) is 0 Å². The summed E-state index contributed by atoms with van der Waals surface area (Å²) in [6, 6.07) is 6.44. The molecule has 2 unspecified atom stereocenters. The number of hydrogen-bond donors (Lipinski definition) is 1. The van der Waals surface area contributed by atoms with Gasteiger partial charge in [-0.1, -0.05) is 23.7 Å². The summed E-state index contributed by atoms with van der Waals surface area (Å²) in [4.78, 5) is 26.4. The largest absolute Gasteiger partial charge is 0.349 e. The minimum atomic E-state index is -3.06. The minimum Gasteiger partial charge on any atom is -0.349 e. The number of hydrogen-bond acceptors (Lipinski definition) is 4. The standard InChI is InChI=1S/C18H23ClN2O4S/c1-12(22)20-17(13-2-4-14(19)5-3-13)10-18(23)21(15-6-7-15)16-8-9-26(24,25)11-16/h2-5,15-17H,6-11H2,1H3,(H,20,22). The van der Waals surface area contributed by atoms with Gasteiger partial charge >= 0.3 is 0 Å². The lowest BCUT2D eigenvalue weighted by molar-refractivity contribution is -0.134. The van der Waals surface area contributed by atoms with E-state index in [1.165, 1.54) is 6.92 Å². The molecule has 8 heteroatoms. The number of carbonyl (C=O) groups is 2. The van der Waals surface area contributed by atoms with Gasteiger partial charge in [-0.15, -0.1) is 0 Å². The van der Waals surface area contributed by atoms with Crippen LogP contribution in [0.15, 0.2) is 24.3 Å². The molecule has 1 aromatic carbocycles. The van der Waals surface area contributed by atoms with Crippen LogP contribution in [-0.4, -0.2) is 48.7 Å². The third kappa shape index (κ3) is 4.76. The van der Waals surface area contributed by atoms with Crippen LogP contribution in [0.3, 0.4) is 0 Å². The molecule has 2 aliphatic rings. The topological polar surface area (TPSA) is 83.6 Å². The predicted molar refractivity (Wildman–Crippen MR) is 99.6 cm³/mol. The Labute approximate surface area is 158 Å². The zero-order chi connectivity index (χ0) is 18.9. The van der Waals surface area contributed by atoms with Gasteiger partial charge in [0.15, 0.2) is 9.84 Å². The molecule has 0 spiro atoms. The zero-order valence-corrected chi connectivity index (χ0v) is 16.2. The first-order valence-electron chi connectivity index (χ1n) is 8.79. The Morgan fingerprint density at radius 2 is 1.85 bits per heavy atom. The molecular formula is C18H23ClN2O4S. The fourth-order valence-electron chi connectivity index (χ4n) is 3.53. The third-order valence-electron chi connectivity index (χ3n) is 4.86. The number of nitrogens with zero attached hydrogens (tertiary/aromatic N) is 1. The summed E-state index contributed by atoms with van der Waals surface area (Å²) in [6.45, 7) is 1.41. The molecule has 2 fully saturated rings. The highest BCUT2D eigenvalue weighted by molar-refractivity contribution is 7.91. The first kappa shape index (κ1) is 19.2. The molecule has 0 aromatic heterocycles. The van der Waals surface area contributed by atoms with Gasteiger partial charge in [0.2, 0.25) is 11.8 Å². The number of carbonyl (C=O) groups excluding carboxylic acids is 2. The highest BCUT2D eigenvalue weighted by atomic mass is 35.5. The molecule has 142 valence electrons. The van der Waals surface area contributed by atoms with Crippen molar-refractivity contribution in [1.82, 2.24) is 10.2 Å². The lowest BCUT2D eigenvalue weighted by Gasteiger charge is -2.30. The molecule has 1 saturated heterocycles. The minimum absolute atomic E-state index is 0.0426. The van der Waals surface area contributed by atoms with Crippen LogP contribution in [0.25, 0.3) is 0 Å². The average Bonchev–Trinajstić information content (AvgIpc) is 3.31. The van der Waals surface area contributed by atoms with Crippen molar-refractivity contribution in [2.75, 3.05) is 11.5 Å². The highest BCUT2D eigenvalue weighted by Gasteiger charge is 2.42. The van der Waals surface area contributed by atoms with E-state index >= 15 is 0 Å². The van der Waals surface area contributed by atoms with Gasteiger partial charge in [0.25, 0.3) is 0 Å². The Hall–Kier alpha value is -1.60. The van der Waals surface area contributed by atoms with Crippen LogP contribution in [0.5, 0.6) is 0 Å². The maximum absolute atomic E-state index is 13.0. The van der Waals surface area contributed by atoms with Crippen molar-refractivity contribution in [3.8, 4) is 0 Å². The van der Waals surface area contributed by atoms with E-state index in [2.05, 4.69) is 5.32 Å². The molecule has 2 amide bonds. The van der Waals surface area contributed by atoms with Gasteiger partial charge in [-0.2, -0.15) is 0 Å². The van der Waals surface area contributed by atoms with Gasteiger partial charge in [-0.3, -0.25) is 9.59 Å².